The molecule has 0 spiro atoms. The number of nitrogens with one attached hydrogen (secondary N) is 1. The van der Waals surface area contributed by atoms with Crippen LogP contribution in [0, 0.1) is 0 Å². The number of carbonyl (C=O) groups is 1. The molecule has 0 aliphatic heterocycles. The molecule has 1 aromatic carbocycles. The van der Waals surface area contributed by atoms with Crippen molar-refractivity contribution in [1.82, 2.24) is 10.2 Å². The summed E-state index contributed by atoms with van der Waals surface area (Å²) in [6.07, 6.45) is 0. The molecule has 0 saturated heterocycles. The number of carbonyl (C=O) groups excluding carboxylic acids is 1. The summed E-state index contributed by atoms with van der Waals surface area (Å²) >= 11 is 2.95. The van der Waals surface area contributed by atoms with Crippen molar-refractivity contribution in [2.45, 2.75) is 44.2 Å². The number of hydrogen-bond acceptors (Lipinski definition) is 8. The summed E-state index contributed by atoms with van der Waals surface area (Å²) < 4.78 is 17.8. The number of aromatic nitrogens is 2. The summed E-state index contributed by atoms with van der Waals surface area (Å²) in [7, 11) is 0. The lowest BCUT2D eigenvalue weighted by Gasteiger charge is -2.16. The maximum Gasteiger partial charge on any atom is 0.257 e. The van der Waals surface area contributed by atoms with Gasteiger partial charge in [-0.3, -0.25) is 10.1 Å². The minimum absolute atomic E-state index is 0.308. The molecule has 0 fully saturated rings. The lowest BCUT2D eigenvalue weighted by atomic mass is 10.1. The number of amides is 1. The monoisotopic (exact) mass is 411 g/mol. The van der Waals surface area contributed by atoms with Crippen LogP contribution in [0.2, 0.25) is 0 Å². The topological polar surface area (TPSA) is 82.6 Å². The standard InChI is InChI=1S/C18H25N3O4S2/c1-6-23-13-9-12(10-14(24-7-2)15(13)25-8-3)16(22)19-17-20-21-18(27-17)26-11(4)5/h9-11H,6-8H2,1-5H3,(H,19,20,22). The highest BCUT2D eigenvalue weighted by Gasteiger charge is 2.19. The second-order valence-corrected chi connectivity index (χ2v) is 8.40. The summed E-state index contributed by atoms with van der Waals surface area (Å²) in [4.78, 5) is 12.7. The van der Waals surface area contributed by atoms with E-state index in [4.69, 9.17) is 14.2 Å². The van der Waals surface area contributed by atoms with Gasteiger partial charge in [0.2, 0.25) is 10.9 Å². The molecule has 0 atom stereocenters. The lowest BCUT2D eigenvalue weighted by Crippen LogP contribution is -2.13. The van der Waals surface area contributed by atoms with Crippen molar-refractivity contribution < 1.29 is 19.0 Å². The van der Waals surface area contributed by atoms with Crippen molar-refractivity contribution in [1.29, 1.82) is 0 Å². The lowest BCUT2D eigenvalue weighted by molar-refractivity contribution is 0.102. The summed E-state index contributed by atoms with van der Waals surface area (Å²) in [5.74, 6) is 1.15. The van der Waals surface area contributed by atoms with Gasteiger partial charge in [-0.1, -0.05) is 36.9 Å². The number of nitrogens with zero attached hydrogens (tertiary/aromatic N) is 2. The van der Waals surface area contributed by atoms with Gasteiger partial charge >= 0.3 is 0 Å². The first kappa shape index (κ1) is 21.3. The Bertz CT molecular complexity index is 738. The minimum atomic E-state index is -0.308. The third-order valence-corrected chi connectivity index (χ3v) is 5.06. The van der Waals surface area contributed by atoms with Crippen LogP contribution in [0.4, 0.5) is 5.13 Å². The van der Waals surface area contributed by atoms with Crippen LogP contribution in [0.3, 0.4) is 0 Å². The van der Waals surface area contributed by atoms with Crippen molar-refractivity contribution in [3.05, 3.63) is 17.7 Å². The molecule has 2 rings (SSSR count). The second-order valence-electron chi connectivity index (χ2n) is 5.59. The van der Waals surface area contributed by atoms with E-state index in [0.29, 0.717) is 53.0 Å². The van der Waals surface area contributed by atoms with E-state index in [0.717, 1.165) is 4.34 Å². The van der Waals surface area contributed by atoms with Crippen LogP contribution in [0.1, 0.15) is 45.0 Å². The van der Waals surface area contributed by atoms with Gasteiger partial charge in [-0.2, -0.15) is 0 Å². The van der Waals surface area contributed by atoms with Gasteiger partial charge in [0.15, 0.2) is 15.8 Å². The molecule has 0 aliphatic rings. The predicted molar refractivity (Wildman–Crippen MR) is 109 cm³/mol. The van der Waals surface area contributed by atoms with E-state index < -0.39 is 0 Å². The third kappa shape index (κ3) is 6.00. The molecule has 1 aromatic heterocycles. The average Bonchev–Trinajstić information content (AvgIpc) is 3.04. The maximum absolute atomic E-state index is 12.7. The van der Waals surface area contributed by atoms with Gasteiger partial charge in [0.1, 0.15) is 0 Å². The van der Waals surface area contributed by atoms with E-state index in [1.165, 1.54) is 11.3 Å². The Morgan fingerprint density at radius 2 is 1.67 bits per heavy atom. The Morgan fingerprint density at radius 3 is 2.19 bits per heavy atom. The summed E-state index contributed by atoms with van der Waals surface area (Å²) in [6.45, 7) is 11.1. The van der Waals surface area contributed by atoms with E-state index in [-0.39, 0.29) is 5.91 Å². The number of anilines is 1. The minimum Gasteiger partial charge on any atom is -0.490 e. The summed E-state index contributed by atoms with van der Waals surface area (Å²) in [5.41, 5.74) is 0.401. The molecule has 0 bridgehead atoms. The van der Waals surface area contributed by atoms with Crippen LogP contribution in [0.5, 0.6) is 17.2 Å². The van der Waals surface area contributed by atoms with Crippen molar-refractivity contribution in [3.8, 4) is 17.2 Å². The van der Waals surface area contributed by atoms with Crippen molar-refractivity contribution in [3.63, 3.8) is 0 Å². The number of benzene rings is 1. The Hall–Kier alpha value is -2.00. The molecule has 1 amide bonds. The molecule has 1 heterocycles. The molecule has 27 heavy (non-hydrogen) atoms. The third-order valence-electron chi connectivity index (χ3n) is 3.13. The van der Waals surface area contributed by atoms with Crippen LogP contribution in [0.15, 0.2) is 16.5 Å². The normalized spacial score (nSPS) is 10.7. The Morgan fingerprint density at radius 1 is 1.07 bits per heavy atom. The van der Waals surface area contributed by atoms with Gasteiger partial charge in [0.05, 0.1) is 19.8 Å². The summed E-state index contributed by atoms with van der Waals surface area (Å²) in [6, 6.07) is 3.30. The first-order chi connectivity index (χ1) is 13.0. The Labute approximate surface area is 167 Å². The van der Waals surface area contributed by atoms with Crippen molar-refractivity contribution in [2.24, 2.45) is 0 Å². The average molecular weight is 412 g/mol. The molecule has 9 heteroatoms. The Kier molecular flexibility index (Phi) is 8.18. The fourth-order valence-corrected chi connectivity index (χ4v) is 4.17. The van der Waals surface area contributed by atoms with Crippen LogP contribution in [-0.4, -0.2) is 41.2 Å². The predicted octanol–water partition coefficient (Wildman–Crippen LogP) is 4.49. The van der Waals surface area contributed by atoms with Crippen LogP contribution in [0.25, 0.3) is 0 Å². The zero-order chi connectivity index (χ0) is 19.8. The number of hydrogen-bond donors (Lipinski definition) is 1. The smallest absolute Gasteiger partial charge is 0.257 e. The first-order valence-electron chi connectivity index (χ1n) is 8.86. The fourth-order valence-electron chi connectivity index (χ4n) is 2.20. The van der Waals surface area contributed by atoms with Gasteiger partial charge in [0.25, 0.3) is 5.91 Å². The quantitative estimate of drug-likeness (QED) is 0.456. The van der Waals surface area contributed by atoms with Crippen LogP contribution >= 0.6 is 23.1 Å². The van der Waals surface area contributed by atoms with E-state index in [1.54, 1.807) is 23.9 Å². The molecule has 2 aromatic rings. The molecule has 0 radical (unpaired) electrons. The molecule has 1 N–H and O–H groups in total. The molecule has 0 aliphatic carbocycles. The number of thioether (sulfide) groups is 1. The van der Waals surface area contributed by atoms with E-state index in [2.05, 4.69) is 29.4 Å². The number of rotatable bonds is 10. The highest BCUT2D eigenvalue weighted by Crippen LogP contribution is 2.39. The van der Waals surface area contributed by atoms with E-state index in [9.17, 15) is 4.79 Å². The molecular weight excluding hydrogens is 386 g/mol. The van der Waals surface area contributed by atoms with Crippen LogP contribution in [-0.2, 0) is 0 Å². The van der Waals surface area contributed by atoms with E-state index in [1.807, 2.05) is 20.8 Å². The van der Waals surface area contributed by atoms with Gasteiger partial charge < -0.3 is 14.2 Å². The largest absolute Gasteiger partial charge is 0.490 e. The first-order valence-corrected chi connectivity index (χ1v) is 10.6. The SMILES string of the molecule is CCOc1cc(C(=O)Nc2nnc(SC(C)C)s2)cc(OCC)c1OCC. The molecule has 148 valence electrons. The highest BCUT2D eigenvalue weighted by atomic mass is 32.2. The summed E-state index contributed by atoms with van der Waals surface area (Å²) in [5, 5.41) is 11.7. The van der Waals surface area contributed by atoms with E-state index >= 15 is 0 Å². The van der Waals surface area contributed by atoms with Gasteiger partial charge in [-0.05, 0) is 32.9 Å². The van der Waals surface area contributed by atoms with Gasteiger partial charge in [-0.25, -0.2) is 0 Å². The zero-order valence-corrected chi connectivity index (χ0v) is 17.8. The van der Waals surface area contributed by atoms with Crippen molar-refractivity contribution in [2.75, 3.05) is 25.1 Å². The van der Waals surface area contributed by atoms with Gasteiger partial charge in [-0.15, -0.1) is 10.2 Å². The zero-order valence-electron chi connectivity index (χ0n) is 16.2. The van der Waals surface area contributed by atoms with Crippen molar-refractivity contribution >= 4 is 34.1 Å². The van der Waals surface area contributed by atoms with Gasteiger partial charge in [0, 0.05) is 10.8 Å². The molecule has 7 nitrogen and oxygen atoms in total. The van der Waals surface area contributed by atoms with Crippen LogP contribution < -0.4 is 19.5 Å². The second kappa shape index (κ2) is 10.4. The fraction of sp³-hybridized carbons (Fsp3) is 0.500. The molecule has 0 saturated carbocycles. The highest BCUT2D eigenvalue weighted by molar-refractivity contribution is 8.01. The molecular formula is C18H25N3O4S2. The maximum atomic E-state index is 12.7. The molecule has 0 unspecified atom stereocenters. The Balaban J connectivity index is 2.27. The number of ether oxygens (including phenoxy) is 3.